The maximum Gasteiger partial charge on any atom is 0.223 e. The average molecular weight is 344 g/mol. The number of ether oxygens (including phenoxy) is 2. The van der Waals surface area contributed by atoms with E-state index in [4.69, 9.17) is 9.47 Å². The number of nitrogens with one attached hydrogen (secondary N) is 1. The van der Waals surface area contributed by atoms with Crippen LogP contribution in [-0.2, 0) is 16.1 Å². The van der Waals surface area contributed by atoms with Gasteiger partial charge in [0, 0.05) is 19.0 Å². The Morgan fingerprint density at radius 1 is 1.24 bits per heavy atom. The number of piperidine rings is 1. The van der Waals surface area contributed by atoms with E-state index in [9.17, 15) is 4.79 Å². The van der Waals surface area contributed by atoms with Gasteiger partial charge in [0.25, 0.3) is 0 Å². The van der Waals surface area contributed by atoms with Crippen LogP contribution in [0.1, 0.15) is 31.2 Å². The summed E-state index contributed by atoms with van der Waals surface area (Å²) in [6, 6.07) is 7.81. The fraction of sp³-hybridized carbons (Fsp3) is 0.550. The fourth-order valence-electron chi connectivity index (χ4n) is 3.46. The van der Waals surface area contributed by atoms with Gasteiger partial charge in [-0.15, -0.1) is 0 Å². The molecule has 2 heterocycles. The van der Waals surface area contributed by atoms with Crippen LogP contribution in [0, 0.1) is 5.92 Å². The second-order valence-corrected chi connectivity index (χ2v) is 6.85. The first-order valence-corrected chi connectivity index (χ1v) is 9.18. The van der Waals surface area contributed by atoms with Gasteiger partial charge >= 0.3 is 0 Å². The third-order valence-corrected chi connectivity index (χ3v) is 5.07. The van der Waals surface area contributed by atoms with E-state index in [1.807, 2.05) is 30.5 Å². The number of hydrogen-bond acceptors (Lipinski definition) is 4. The highest BCUT2D eigenvalue weighted by Crippen LogP contribution is 2.20. The summed E-state index contributed by atoms with van der Waals surface area (Å²) in [6.45, 7) is 3.50. The maximum absolute atomic E-state index is 12.4. The van der Waals surface area contributed by atoms with E-state index in [0.29, 0.717) is 12.6 Å². The minimum Gasteiger partial charge on any atom is -0.497 e. The summed E-state index contributed by atoms with van der Waals surface area (Å²) >= 11 is 0. The molecule has 0 aliphatic carbocycles. The molecule has 1 atom stereocenters. The summed E-state index contributed by atoms with van der Waals surface area (Å²) in [5, 5.41) is 3.07. The highest BCUT2D eigenvalue weighted by atomic mass is 16.5. The lowest BCUT2D eigenvalue weighted by Crippen LogP contribution is -2.43. The Labute approximate surface area is 150 Å². The van der Waals surface area contributed by atoms with Crippen LogP contribution >= 0.6 is 0 Å². The predicted molar refractivity (Wildman–Crippen MR) is 97.3 cm³/mol. The molecule has 136 valence electrons. The summed E-state index contributed by atoms with van der Waals surface area (Å²) in [5.41, 5.74) is 1.09. The summed E-state index contributed by atoms with van der Waals surface area (Å²) in [5.74, 6) is 1.13. The van der Waals surface area contributed by atoms with Crippen LogP contribution in [0.15, 0.2) is 36.6 Å². The molecule has 1 aromatic carbocycles. The Hall–Kier alpha value is -2.01. The first-order valence-electron chi connectivity index (χ1n) is 9.18. The SMILES string of the molecule is COc1ccc(CNC(=O)C2CCN(CC3CCC=CO3)CC2)cc1. The number of benzene rings is 1. The molecule has 1 N–H and O–H groups in total. The van der Waals surface area contributed by atoms with Crippen LogP contribution in [0.3, 0.4) is 0 Å². The van der Waals surface area contributed by atoms with E-state index in [2.05, 4.69) is 16.3 Å². The van der Waals surface area contributed by atoms with Crippen molar-refractivity contribution in [1.29, 1.82) is 0 Å². The van der Waals surface area contributed by atoms with Crippen LogP contribution in [0.2, 0.25) is 0 Å². The van der Waals surface area contributed by atoms with E-state index in [1.165, 1.54) is 0 Å². The number of methoxy groups -OCH3 is 1. The van der Waals surface area contributed by atoms with E-state index in [-0.39, 0.29) is 11.8 Å². The normalized spacial score (nSPS) is 21.6. The number of amides is 1. The first-order chi connectivity index (χ1) is 12.2. The van der Waals surface area contributed by atoms with Crippen LogP contribution < -0.4 is 10.1 Å². The number of nitrogens with zero attached hydrogens (tertiary/aromatic N) is 1. The van der Waals surface area contributed by atoms with Gasteiger partial charge in [0.1, 0.15) is 11.9 Å². The molecule has 5 heteroatoms. The number of carbonyl (C=O) groups excluding carboxylic acids is 1. The van der Waals surface area contributed by atoms with Gasteiger partial charge in [0.2, 0.25) is 5.91 Å². The molecule has 0 radical (unpaired) electrons. The zero-order valence-electron chi connectivity index (χ0n) is 14.9. The lowest BCUT2D eigenvalue weighted by atomic mass is 9.95. The Balaban J connectivity index is 1.38. The summed E-state index contributed by atoms with van der Waals surface area (Å²) in [4.78, 5) is 14.8. The monoisotopic (exact) mass is 344 g/mol. The van der Waals surface area contributed by atoms with Crippen LogP contribution in [-0.4, -0.2) is 43.7 Å². The van der Waals surface area contributed by atoms with E-state index >= 15 is 0 Å². The second-order valence-electron chi connectivity index (χ2n) is 6.85. The highest BCUT2D eigenvalue weighted by Gasteiger charge is 2.26. The molecule has 2 aliphatic heterocycles. The molecule has 0 aromatic heterocycles. The second kappa shape index (κ2) is 8.90. The van der Waals surface area contributed by atoms with Crippen molar-refractivity contribution in [3.8, 4) is 5.75 Å². The van der Waals surface area contributed by atoms with Crippen molar-refractivity contribution in [3.05, 3.63) is 42.2 Å². The van der Waals surface area contributed by atoms with E-state index in [0.717, 1.165) is 56.6 Å². The van der Waals surface area contributed by atoms with Crippen molar-refractivity contribution in [2.45, 2.75) is 38.3 Å². The molecule has 0 bridgehead atoms. The molecule has 1 amide bonds. The third kappa shape index (κ3) is 5.23. The Bertz CT molecular complexity index is 577. The summed E-state index contributed by atoms with van der Waals surface area (Å²) in [7, 11) is 1.65. The van der Waals surface area contributed by atoms with Crippen molar-refractivity contribution in [2.75, 3.05) is 26.7 Å². The van der Waals surface area contributed by atoms with Crippen LogP contribution in [0.5, 0.6) is 5.75 Å². The van der Waals surface area contributed by atoms with E-state index < -0.39 is 0 Å². The molecule has 1 unspecified atom stereocenters. The van der Waals surface area contributed by atoms with Gasteiger partial charge in [0.05, 0.1) is 13.4 Å². The molecular weight excluding hydrogens is 316 g/mol. The van der Waals surface area contributed by atoms with Crippen LogP contribution in [0.4, 0.5) is 0 Å². The average Bonchev–Trinajstić information content (AvgIpc) is 2.68. The predicted octanol–water partition coefficient (Wildman–Crippen LogP) is 2.72. The zero-order valence-corrected chi connectivity index (χ0v) is 14.9. The van der Waals surface area contributed by atoms with Gasteiger partial charge in [-0.3, -0.25) is 9.69 Å². The van der Waals surface area contributed by atoms with Gasteiger partial charge in [0.15, 0.2) is 0 Å². The standard InChI is InChI=1S/C20H28N2O3/c1-24-18-7-5-16(6-8-18)14-21-20(23)17-9-11-22(12-10-17)15-19-4-2-3-13-25-19/h3,5-8,13,17,19H,2,4,9-12,14-15H2,1H3,(H,21,23). The van der Waals surface area contributed by atoms with Crippen molar-refractivity contribution in [2.24, 2.45) is 5.92 Å². The van der Waals surface area contributed by atoms with Crippen LogP contribution in [0.25, 0.3) is 0 Å². The first kappa shape index (κ1) is 17.8. The van der Waals surface area contributed by atoms with Crippen molar-refractivity contribution in [1.82, 2.24) is 10.2 Å². The minimum absolute atomic E-state index is 0.127. The highest BCUT2D eigenvalue weighted by molar-refractivity contribution is 5.78. The molecule has 1 fully saturated rings. The van der Waals surface area contributed by atoms with Gasteiger partial charge in [-0.2, -0.15) is 0 Å². The minimum atomic E-state index is 0.127. The number of likely N-dealkylation sites (tertiary alicyclic amines) is 1. The third-order valence-electron chi connectivity index (χ3n) is 5.07. The van der Waals surface area contributed by atoms with Crippen molar-refractivity contribution < 1.29 is 14.3 Å². The molecule has 25 heavy (non-hydrogen) atoms. The Kier molecular flexibility index (Phi) is 6.34. The van der Waals surface area contributed by atoms with Gasteiger partial charge < -0.3 is 14.8 Å². The Morgan fingerprint density at radius 3 is 2.64 bits per heavy atom. The number of rotatable bonds is 6. The largest absolute Gasteiger partial charge is 0.497 e. The number of carbonyl (C=O) groups is 1. The quantitative estimate of drug-likeness (QED) is 0.862. The number of hydrogen-bond donors (Lipinski definition) is 1. The molecule has 1 aromatic rings. The van der Waals surface area contributed by atoms with Gasteiger partial charge in [-0.25, -0.2) is 0 Å². The molecule has 2 aliphatic rings. The molecule has 0 saturated carbocycles. The topological polar surface area (TPSA) is 50.8 Å². The summed E-state index contributed by atoms with van der Waals surface area (Å²) in [6.07, 6.45) is 8.27. The van der Waals surface area contributed by atoms with E-state index in [1.54, 1.807) is 7.11 Å². The lowest BCUT2D eigenvalue weighted by Gasteiger charge is -2.34. The number of allylic oxidation sites excluding steroid dienone is 1. The van der Waals surface area contributed by atoms with Crippen molar-refractivity contribution in [3.63, 3.8) is 0 Å². The maximum atomic E-state index is 12.4. The smallest absolute Gasteiger partial charge is 0.223 e. The Morgan fingerprint density at radius 2 is 2.00 bits per heavy atom. The lowest BCUT2D eigenvalue weighted by molar-refractivity contribution is -0.126. The molecule has 0 spiro atoms. The molecule has 3 rings (SSSR count). The molecule has 1 saturated heterocycles. The zero-order chi connectivity index (χ0) is 17.5. The molecular formula is C20H28N2O3. The summed E-state index contributed by atoms with van der Waals surface area (Å²) < 4.78 is 10.8. The fourth-order valence-corrected chi connectivity index (χ4v) is 3.46. The van der Waals surface area contributed by atoms with Crippen molar-refractivity contribution >= 4 is 5.91 Å². The molecule has 5 nitrogen and oxygen atoms in total. The van der Waals surface area contributed by atoms with Gasteiger partial charge in [-0.1, -0.05) is 12.1 Å². The van der Waals surface area contributed by atoms with Gasteiger partial charge in [-0.05, 0) is 62.5 Å².